The molecule has 1 atom stereocenters. The van der Waals surface area contributed by atoms with Gasteiger partial charge in [0.2, 0.25) is 0 Å². The van der Waals surface area contributed by atoms with Crippen molar-refractivity contribution in [2.75, 3.05) is 19.1 Å². The minimum absolute atomic E-state index is 0.281. The van der Waals surface area contributed by atoms with Gasteiger partial charge in [-0.05, 0) is 30.6 Å². The van der Waals surface area contributed by atoms with Crippen molar-refractivity contribution in [2.45, 2.75) is 12.5 Å². The van der Waals surface area contributed by atoms with Gasteiger partial charge in [0.15, 0.2) is 0 Å². The van der Waals surface area contributed by atoms with Crippen molar-refractivity contribution in [2.24, 2.45) is 0 Å². The first-order valence-electron chi connectivity index (χ1n) is 7.14. The zero-order chi connectivity index (χ0) is 16.7. The highest BCUT2D eigenvalue weighted by molar-refractivity contribution is 7.98. The normalized spacial score (nSPS) is 11.9. The van der Waals surface area contributed by atoms with E-state index < -0.39 is 6.04 Å². The summed E-state index contributed by atoms with van der Waals surface area (Å²) in [6.07, 6.45) is 2.45. The van der Waals surface area contributed by atoms with E-state index >= 15 is 0 Å². The number of benzene rings is 1. The van der Waals surface area contributed by atoms with Crippen LogP contribution in [0.15, 0.2) is 36.4 Å². The molecule has 0 fully saturated rings. The van der Waals surface area contributed by atoms with Gasteiger partial charge in [-0.1, -0.05) is 24.3 Å². The molecule has 2 rings (SSSR count). The molecule has 0 radical (unpaired) electrons. The van der Waals surface area contributed by atoms with Crippen LogP contribution in [-0.4, -0.2) is 42.0 Å². The number of thioether (sulfide) groups is 1. The van der Waals surface area contributed by atoms with Gasteiger partial charge in [-0.3, -0.25) is 14.4 Å². The molecule has 0 saturated carbocycles. The van der Waals surface area contributed by atoms with Crippen molar-refractivity contribution in [3.05, 3.63) is 42.1 Å². The summed E-state index contributed by atoms with van der Waals surface area (Å²) in [6.45, 7) is 0. The number of nitrogens with zero attached hydrogens (tertiary/aromatic N) is 1. The number of carbonyl (C=O) groups is 2. The van der Waals surface area contributed by atoms with E-state index in [1.54, 1.807) is 17.8 Å². The molecule has 0 unspecified atom stereocenters. The summed E-state index contributed by atoms with van der Waals surface area (Å²) in [5.74, 6) is -0.0171. The maximum absolute atomic E-state index is 12.4. The van der Waals surface area contributed by atoms with Crippen LogP contribution in [0.3, 0.4) is 0 Å². The van der Waals surface area contributed by atoms with Gasteiger partial charge in [-0.2, -0.15) is 11.8 Å². The number of nitrogens with one attached hydrogen (secondary N) is 2. The fourth-order valence-electron chi connectivity index (χ4n) is 2.10. The third kappa shape index (κ3) is 4.67. The van der Waals surface area contributed by atoms with E-state index in [0.29, 0.717) is 6.42 Å². The molecule has 23 heavy (non-hydrogen) atoms. The highest BCUT2D eigenvalue weighted by Crippen LogP contribution is 2.12. The van der Waals surface area contributed by atoms with Crippen LogP contribution in [0.25, 0.3) is 10.9 Å². The Morgan fingerprint density at radius 2 is 2.04 bits per heavy atom. The van der Waals surface area contributed by atoms with E-state index in [4.69, 9.17) is 0 Å². The van der Waals surface area contributed by atoms with Crippen LogP contribution in [0, 0.1) is 0 Å². The first kappa shape index (κ1) is 17.2. The average molecular weight is 333 g/mol. The standard InChI is InChI=1S/C16H19N3O3S/c1-22-19-16(21)14(9-10-23-2)18-15(20)13-8-7-11-5-3-4-6-12(11)17-13/h3-8,14H,9-10H2,1-2H3,(H,18,20)(H,19,21)/t14-/m0/s1. The molecule has 0 aliphatic heterocycles. The Labute approximate surface area is 139 Å². The lowest BCUT2D eigenvalue weighted by molar-refractivity contribution is -0.133. The van der Waals surface area contributed by atoms with Crippen molar-refractivity contribution in [3.8, 4) is 0 Å². The van der Waals surface area contributed by atoms with E-state index in [0.717, 1.165) is 16.7 Å². The van der Waals surface area contributed by atoms with E-state index in [-0.39, 0.29) is 17.5 Å². The molecule has 0 aliphatic rings. The Morgan fingerprint density at radius 1 is 1.26 bits per heavy atom. The summed E-state index contributed by atoms with van der Waals surface area (Å²) in [7, 11) is 1.36. The summed E-state index contributed by atoms with van der Waals surface area (Å²) in [5.41, 5.74) is 3.28. The van der Waals surface area contributed by atoms with Gasteiger partial charge in [-0.25, -0.2) is 10.5 Å². The number of aromatic nitrogens is 1. The summed E-state index contributed by atoms with van der Waals surface area (Å²) in [6, 6.07) is 10.4. The highest BCUT2D eigenvalue weighted by Gasteiger charge is 2.21. The Balaban J connectivity index is 2.13. The van der Waals surface area contributed by atoms with Crippen molar-refractivity contribution in [3.63, 3.8) is 0 Å². The predicted molar refractivity (Wildman–Crippen MR) is 91.1 cm³/mol. The fraction of sp³-hybridized carbons (Fsp3) is 0.312. The molecule has 0 aliphatic carbocycles. The smallest absolute Gasteiger partial charge is 0.270 e. The molecule has 7 heteroatoms. The van der Waals surface area contributed by atoms with Gasteiger partial charge in [0.25, 0.3) is 11.8 Å². The van der Waals surface area contributed by atoms with Crippen LogP contribution in [0.4, 0.5) is 0 Å². The molecule has 2 N–H and O–H groups in total. The minimum atomic E-state index is -0.664. The van der Waals surface area contributed by atoms with Crippen LogP contribution in [0.1, 0.15) is 16.9 Å². The second kappa shape index (κ2) is 8.50. The van der Waals surface area contributed by atoms with Crippen LogP contribution >= 0.6 is 11.8 Å². The average Bonchev–Trinajstić information content (AvgIpc) is 2.58. The molecule has 0 bridgehead atoms. The van der Waals surface area contributed by atoms with Crippen molar-refractivity contribution in [1.82, 2.24) is 15.8 Å². The Bertz CT molecular complexity index is 693. The summed E-state index contributed by atoms with van der Waals surface area (Å²) >= 11 is 1.60. The van der Waals surface area contributed by atoms with Gasteiger partial charge < -0.3 is 5.32 Å². The SMILES string of the molecule is CONC(=O)[C@H](CCSC)NC(=O)c1ccc2ccccc2n1. The summed E-state index contributed by atoms with van der Waals surface area (Å²) in [4.78, 5) is 33.3. The van der Waals surface area contributed by atoms with E-state index in [2.05, 4.69) is 20.6 Å². The predicted octanol–water partition coefficient (Wildman–Crippen LogP) is 1.76. The van der Waals surface area contributed by atoms with Gasteiger partial charge in [0.1, 0.15) is 11.7 Å². The molecular weight excluding hydrogens is 314 g/mol. The first-order chi connectivity index (χ1) is 11.2. The van der Waals surface area contributed by atoms with Crippen molar-refractivity contribution < 1.29 is 14.4 Å². The van der Waals surface area contributed by atoms with Crippen molar-refractivity contribution in [1.29, 1.82) is 0 Å². The molecule has 6 nitrogen and oxygen atoms in total. The van der Waals surface area contributed by atoms with Gasteiger partial charge in [0.05, 0.1) is 12.6 Å². The molecular formula is C16H19N3O3S. The van der Waals surface area contributed by atoms with Gasteiger partial charge >= 0.3 is 0 Å². The lowest BCUT2D eigenvalue weighted by atomic mass is 10.1. The third-order valence-corrected chi connectivity index (χ3v) is 3.91. The first-order valence-corrected chi connectivity index (χ1v) is 8.53. The lowest BCUT2D eigenvalue weighted by Crippen LogP contribution is -2.47. The van der Waals surface area contributed by atoms with E-state index in [1.165, 1.54) is 7.11 Å². The Hall–Kier alpha value is -2.12. The van der Waals surface area contributed by atoms with Crippen LogP contribution in [0.5, 0.6) is 0 Å². The number of para-hydroxylation sites is 1. The second-order valence-corrected chi connectivity index (χ2v) is 5.85. The van der Waals surface area contributed by atoms with Crippen LogP contribution in [-0.2, 0) is 9.63 Å². The number of pyridine rings is 1. The third-order valence-electron chi connectivity index (χ3n) is 3.27. The Kier molecular flexibility index (Phi) is 6.37. The quantitative estimate of drug-likeness (QED) is 0.755. The molecule has 122 valence electrons. The second-order valence-electron chi connectivity index (χ2n) is 4.87. The fourth-order valence-corrected chi connectivity index (χ4v) is 2.57. The van der Waals surface area contributed by atoms with E-state index in [1.807, 2.05) is 36.6 Å². The number of rotatable bonds is 7. The monoisotopic (exact) mass is 333 g/mol. The molecule has 2 aromatic rings. The number of hydrogen-bond donors (Lipinski definition) is 2. The zero-order valence-corrected chi connectivity index (χ0v) is 13.9. The molecule has 1 aromatic heterocycles. The zero-order valence-electron chi connectivity index (χ0n) is 13.0. The van der Waals surface area contributed by atoms with Gasteiger partial charge in [-0.15, -0.1) is 0 Å². The number of hydroxylamine groups is 1. The molecule has 1 aromatic carbocycles. The molecule has 0 spiro atoms. The number of hydrogen-bond acceptors (Lipinski definition) is 5. The maximum atomic E-state index is 12.4. The van der Waals surface area contributed by atoms with Crippen LogP contribution < -0.4 is 10.8 Å². The topological polar surface area (TPSA) is 80.3 Å². The lowest BCUT2D eigenvalue weighted by Gasteiger charge is -2.17. The van der Waals surface area contributed by atoms with Crippen LogP contribution in [0.2, 0.25) is 0 Å². The van der Waals surface area contributed by atoms with Crippen molar-refractivity contribution >= 4 is 34.5 Å². The maximum Gasteiger partial charge on any atom is 0.270 e. The molecule has 1 heterocycles. The minimum Gasteiger partial charge on any atom is -0.339 e. The number of amides is 2. The van der Waals surface area contributed by atoms with E-state index in [9.17, 15) is 9.59 Å². The Morgan fingerprint density at radius 3 is 2.78 bits per heavy atom. The number of carbonyl (C=O) groups excluding carboxylic acids is 2. The summed E-state index contributed by atoms with van der Waals surface area (Å²) < 4.78 is 0. The van der Waals surface area contributed by atoms with Gasteiger partial charge in [0, 0.05) is 5.39 Å². The number of fused-ring (bicyclic) bond motifs is 1. The summed E-state index contributed by atoms with van der Waals surface area (Å²) in [5, 5.41) is 3.67. The highest BCUT2D eigenvalue weighted by atomic mass is 32.2. The largest absolute Gasteiger partial charge is 0.339 e. The molecule has 0 saturated heterocycles. The molecule has 2 amide bonds.